The number of rotatable bonds is 3. The number of hydrogen-bond donors (Lipinski definition) is 1. The summed E-state index contributed by atoms with van der Waals surface area (Å²) in [4.78, 5) is 25.3. The Morgan fingerprint density at radius 1 is 1.50 bits per heavy atom. The van der Waals surface area contributed by atoms with Crippen LogP contribution in [0.25, 0.3) is 0 Å². The largest absolute Gasteiger partial charge is 0.329 e. The summed E-state index contributed by atoms with van der Waals surface area (Å²) in [6.45, 7) is 3.98. The summed E-state index contributed by atoms with van der Waals surface area (Å²) >= 11 is 0. The Morgan fingerprint density at radius 3 is 2.62 bits per heavy atom. The molecule has 1 N–H and O–H groups in total. The van der Waals surface area contributed by atoms with E-state index in [2.05, 4.69) is 10.1 Å². The smallest absolute Gasteiger partial charge is 0.292 e. The second-order valence-corrected chi connectivity index (χ2v) is 3.89. The van der Waals surface area contributed by atoms with Gasteiger partial charge in [-0.05, 0) is 5.92 Å². The molecule has 0 bridgehead atoms. The lowest BCUT2D eigenvalue weighted by molar-refractivity contribution is 0.765. The van der Waals surface area contributed by atoms with E-state index in [1.165, 1.54) is 18.1 Å². The first kappa shape index (κ1) is 12.2. The van der Waals surface area contributed by atoms with Gasteiger partial charge in [0.2, 0.25) is 0 Å². The van der Waals surface area contributed by atoms with E-state index < -0.39 is 5.69 Å². The molecule has 0 unspecified atom stereocenters. The Hall–Kier alpha value is -1.85. The average molecular weight is 224 g/mol. The molecular weight excluding hydrogens is 208 g/mol. The van der Waals surface area contributed by atoms with Crippen molar-refractivity contribution in [1.82, 2.24) is 9.55 Å². The zero-order valence-electron chi connectivity index (χ0n) is 9.89. The summed E-state index contributed by atoms with van der Waals surface area (Å²) in [5.41, 5.74) is -0.806. The van der Waals surface area contributed by atoms with Crippen LogP contribution in [0.15, 0.2) is 20.8 Å². The second kappa shape index (κ2) is 4.78. The predicted octanol–water partition coefficient (Wildman–Crippen LogP) is 0.152. The normalized spacial score (nSPS) is 11.3. The van der Waals surface area contributed by atoms with Crippen molar-refractivity contribution in [3.05, 3.63) is 26.9 Å². The summed E-state index contributed by atoms with van der Waals surface area (Å²) in [6, 6.07) is 1.33. The third kappa shape index (κ3) is 2.82. The molecule has 0 saturated carbocycles. The van der Waals surface area contributed by atoms with Gasteiger partial charge in [-0.3, -0.25) is 19.4 Å². The number of nitrogens with one attached hydrogen (secondary N) is 1. The van der Waals surface area contributed by atoms with Crippen molar-refractivity contribution >= 4 is 12.0 Å². The van der Waals surface area contributed by atoms with Gasteiger partial charge in [0.25, 0.3) is 5.56 Å². The molecule has 0 spiro atoms. The van der Waals surface area contributed by atoms with Crippen LogP contribution in [0.3, 0.4) is 0 Å². The second-order valence-electron chi connectivity index (χ2n) is 3.89. The predicted molar refractivity (Wildman–Crippen MR) is 64.0 cm³/mol. The fourth-order valence-electron chi connectivity index (χ4n) is 1.01. The first-order chi connectivity index (χ1) is 7.41. The van der Waals surface area contributed by atoms with E-state index in [1.54, 1.807) is 13.3 Å². The Balaban J connectivity index is 3.06. The lowest BCUT2D eigenvalue weighted by atomic mass is 10.3. The van der Waals surface area contributed by atoms with Gasteiger partial charge in [-0.25, -0.2) is 4.79 Å². The molecule has 0 amide bonds. The molecule has 0 aromatic carbocycles. The minimum absolute atomic E-state index is 0.306. The number of anilines is 1. The Bertz CT molecular complexity index is 467. The Labute approximate surface area is 93.2 Å². The van der Waals surface area contributed by atoms with Gasteiger partial charge in [-0.15, -0.1) is 0 Å². The highest BCUT2D eigenvalue weighted by atomic mass is 16.2. The molecule has 0 saturated heterocycles. The van der Waals surface area contributed by atoms with Crippen molar-refractivity contribution in [3.63, 3.8) is 0 Å². The van der Waals surface area contributed by atoms with Crippen molar-refractivity contribution < 1.29 is 0 Å². The first-order valence-electron chi connectivity index (χ1n) is 5.00. The highest BCUT2D eigenvalue weighted by molar-refractivity contribution is 5.61. The number of aromatic nitrogens is 2. The minimum atomic E-state index is -0.450. The van der Waals surface area contributed by atoms with Gasteiger partial charge < -0.3 is 0 Å². The summed E-state index contributed by atoms with van der Waals surface area (Å²) < 4.78 is 1.00. The van der Waals surface area contributed by atoms with Crippen LogP contribution in [0.5, 0.6) is 0 Å². The highest BCUT2D eigenvalue weighted by Crippen LogP contribution is 2.02. The molecule has 6 nitrogen and oxygen atoms in total. The van der Waals surface area contributed by atoms with Gasteiger partial charge >= 0.3 is 5.69 Å². The molecule has 0 aliphatic heterocycles. The van der Waals surface area contributed by atoms with E-state index in [0.29, 0.717) is 11.7 Å². The van der Waals surface area contributed by atoms with E-state index in [0.717, 1.165) is 4.57 Å². The van der Waals surface area contributed by atoms with Crippen LogP contribution < -0.4 is 16.3 Å². The summed E-state index contributed by atoms with van der Waals surface area (Å²) in [5, 5.41) is 5.56. The number of aromatic amines is 1. The molecule has 1 aromatic heterocycles. The van der Waals surface area contributed by atoms with Crippen molar-refractivity contribution in [3.8, 4) is 0 Å². The van der Waals surface area contributed by atoms with Crippen molar-refractivity contribution in [1.29, 1.82) is 0 Å². The van der Waals surface area contributed by atoms with Gasteiger partial charge in [0.1, 0.15) is 5.82 Å². The lowest BCUT2D eigenvalue weighted by Crippen LogP contribution is -2.33. The standard InChI is InChI=1S/C10H16N4O2/c1-7(2)6-11-14(4)8-5-9(15)13(3)10(16)12-8/h5-7H,1-4H3,(H,12,16)/b11-6+. The number of H-pyrrole nitrogens is 1. The molecule has 1 aromatic rings. The SMILES string of the molecule is CC(C)/C=N/N(C)c1cc(=O)n(C)c(=O)[nH]1. The van der Waals surface area contributed by atoms with E-state index in [-0.39, 0.29) is 5.56 Å². The van der Waals surface area contributed by atoms with Crippen LogP contribution in [0, 0.1) is 5.92 Å². The molecule has 16 heavy (non-hydrogen) atoms. The maximum absolute atomic E-state index is 11.4. The molecule has 0 aliphatic carbocycles. The fraction of sp³-hybridized carbons (Fsp3) is 0.500. The maximum atomic E-state index is 11.4. The molecule has 88 valence electrons. The fourth-order valence-corrected chi connectivity index (χ4v) is 1.01. The van der Waals surface area contributed by atoms with Gasteiger partial charge in [0.15, 0.2) is 0 Å². The minimum Gasteiger partial charge on any atom is -0.292 e. The summed E-state index contributed by atoms with van der Waals surface area (Å²) in [7, 11) is 3.09. The zero-order valence-corrected chi connectivity index (χ0v) is 9.89. The Morgan fingerprint density at radius 2 is 2.12 bits per heavy atom. The first-order valence-corrected chi connectivity index (χ1v) is 5.00. The molecule has 0 fully saturated rings. The van der Waals surface area contributed by atoms with E-state index >= 15 is 0 Å². The average Bonchev–Trinajstić information content (AvgIpc) is 2.21. The van der Waals surface area contributed by atoms with Crippen LogP contribution in [-0.2, 0) is 7.05 Å². The third-order valence-corrected chi connectivity index (χ3v) is 2.02. The molecule has 0 atom stereocenters. The Kier molecular flexibility index (Phi) is 3.65. The highest BCUT2D eigenvalue weighted by Gasteiger charge is 2.03. The van der Waals surface area contributed by atoms with E-state index in [1.807, 2.05) is 13.8 Å². The third-order valence-electron chi connectivity index (χ3n) is 2.02. The lowest BCUT2D eigenvalue weighted by Gasteiger charge is -2.12. The van der Waals surface area contributed by atoms with Crippen LogP contribution >= 0.6 is 0 Å². The number of hydrogen-bond acceptors (Lipinski definition) is 4. The molecule has 6 heteroatoms. The molecular formula is C10H16N4O2. The van der Waals surface area contributed by atoms with Gasteiger partial charge in [0, 0.05) is 26.4 Å². The molecule has 1 heterocycles. The summed E-state index contributed by atoms with van der Waals surface area (Å²) in [5.74, 6) is 0.686. The van der Waals surface area contributed by atoms with Gasteiger partial charge in [-0.1, -0.05) is 13.8 Å². The van der Waals surface area contributed by atoms with E-state index in [9.17, 15) is 9.59 Å². The van der Waals surface area contributed by atoms with Gasteiger partial charge in [-0.2, -0.15) is 5.10 Å². The monoisotopic (exact) mass is 224 g/mol. The van der Waals surface area contributed by atoms with Crippen LogP contribution in [0.4, 0.5) is 5.82 Å². The number of hydrazone groups is 1. The number of nitrogens with zero attached hydrogens (tertiary/aromatic N) is 3. The van der Waals surface area contributed by atoms with Crippen LogP contribution in [-0.4, -0.2) is 22.8 Å². The summed E-state index contributed by atoms with van der Waals surface area (Å²) in [6.07, 6.45) is 1.73. The topological polar surface area (TPSA) is 70.5 Å². The maximum Gasteiger partial charge on any atom is 0.329 e. The van der Waals surface area contributed by atoms with Crippen molar-refractivity contribution in [2.75, 3.05) is 12.1 Å². The quantitative estimate of drug-likeness (QED) is 0.587. The molecule has 1 rings (SSSR count). The zero-order chi connectivity index (χ0) is 12.3. The van der Waals surface area contributed by atoms with E-state index in [4.69, 9.17) is 0 Å². The van der Waals surface area contributed by atoms with Gasteiger partial charge in [0.05, 0.1) is 0 Å². The molecule has 0 aliphatic rings. The van der Waals surface area contributed by atoms with Crippen LogP contribution in [0.2, 0.25) is 0 Å². The van der Waals surface area contributed by atoms with Crippen LogP contribution in [0.1, 0.15) is 13.8 Å². The van der Waals surface area contributed by atoms with Crippen molar-refractivity contribution in [2.24, 2.45) is 18.1 Å². The molecule has 0 radical (unpaired) electrons. The van der Waals surface area contributed by atoms with Crippen molar-refractivity contribution in [2.45, 2.75) is 13.8 Å².